The van der Waals surface area contributed by atoms with Crippen LogP contribution in [0.3, 0.4) is 0 Å². The first-order valence-electron chi connectivity index (χ1n) is 9.65. The van der Waals surface area contributed by atoms with Gasteiger partial charge in [0.15, 0.2) is 0 Å². The van der Waals surface area contributed by atoms with Gasteiger partial charge >= 0.3 is 0 Å². The fourth-order valence-electron chi connectivity index (χ4n) is 4.14. The number of hydrogen-bond donors (Lipinski definition) is 0. The molecule has 0 atom stereocenters. The molecule has 0 saturated carbocycles. The average molecular weight is 451 g/mol. The van der Waals surface area contributed by atoms with E-state index in [9.17, 15) is 8.42 Å². The fourth-order valence-corrected chi connectivity index (χ4v) is 5.92. The van der Waals surface area contributed by atoms with E-state index in [4.69, 9.17) is 9.47 Å². The summed E-state index contributed by atoms with van der Waals surface area (Å²) in [5.41, 5.74) is 3.77. The lowest BCUT2D eigenvalue weighted by atomic mass is 10.1. The summed E-state index contributed by atoms with van der Waals surface area (Å²) >= 11 is 0. The second-order valence-electron chi connectivity index (χ2n) is 7.57. The van der Waals surface area contributed by atoms with E-state index in [1.807, 2.05) is 19.1 Å². The molecule has 1 aliphatic rings. The highest BCUT2D eigenvalue weighted by atomic mass is 35.5. The van der Waals surface area contributed by atoms with Crippen LogP contribution < -0.4 is 9.47 Å². The zero-order chi connectivity index (χ0) is 20.8. The zero-order valence-corrected chi connectivity index (χ0v) is 19.3. The van der Waals surface area contributed by atoms with Crippen molar-refractivity contribution in [2.45, 2.75) is 31.2 Å². The molecule has 0 unspecified atom stereocenters. The third-order valence-electron chi connectivity index (χ3n) is 5.56. The molecule has 30 heavy (non-hydrogen) atoms. The van der Waals surface area contributed by atoms with Crippen molar-refractivity contribution in [3.8, 4) is 11.5 Å². The summed E-state index contributed by atoms with van der Waals surface area (Å²) in [6, 6.07) is 10.8. The van der Waals surface area contributed by atoms with Crippen LogP contribution in [0, 0.1) is 6.92 Å². The Bertz CT molecular complexity index is 1190. The van der Waals surface area contributed by atoms with E-state index < -0.39 is 10.0 Å². The van der Waals surface area contributed by atoms with Crippen LogP contribution in [-0.4, -0.2) is 45.1 Å². The molecule has 1 aliphatic heterocycles. The molecule has 0 saturated heterocycles. The highest BCUT2D eigenvalue weighted by Crippen LogP contribution is 2.37. The van der Waals surface area contributed by atoms with Crippen molar-refractivity contribution in [3.63, 3.8) is 0 Å². The molecule has 3 aromatic rings. The lowest BCUT2D eigenvalue weighted by molar-refractivity contribution is 0.333. The molecule has 8 heteroatoms. The molecule has 0 aliphatic carbocycles. The highest BCUT2D eigenvalue weighted by Gasteiger charge is 2.30. The maximum Gasteiger partial charge on any atom is 0.272 e. The van der Waals surface area contributed by atoms with E-state index in [1.165, 1.54) is 24.3 Å². The van der Waals surface area contributed by atoms with Crippen LogP contribution >= 0.6 is 12.4 Å². The van der Waals surface area contributed by atoms with Crippen molar-refractivity contribution in [2.24, 2.45) is 0 Å². The molecule has 6 nitrogen and oxygen atoms in total. The standard InChI is InChI=1S/C22H26N2O4S.ClH/c1-15-7-9-20-17(12-15)18-14-23(2)11-5-6-19(18)24(20)29(25,26)22-13-16(27-3)8-10-21(22)28-4;/h7-10,12-13H,5-6,11,14H2,1-4H3;1H. The Morgan fingerprint density at radius 2 is 1.80 bits per heavy atom. The minimum atomic E-state index is -3.89. The quantitative estimate of drug-likeness (QED) is 0.601. The topological polar surface area (TPSA) is 60.8 Å². The number of aryl methyl sites for hydroxylation is 1. The van der Waals surface area contributed by atoms with Crippen LogP contribution in [0.15, 0.2) is 41.3 Å². The molecule has 1 aromatic heterocycles. The van der Waals surface area contributed by atoms with Gasteiger partial charge in [-0.3, -0.25) is 0 Å². The first-order valence-corrected chi connectivity index (χ1v) is 11.1. The maximum atomic E-state index is 13.9. The summed E-state index contributed by atoms with van der Waals surface area (Å²) in [6.45, 7) is 3.70. The molecule has 0 spiro atoms. The lowest BCUT2D eigenvalue weighted by Gasteiger charge is -2.15. The van der Waals surface area contributed by atoms with E-state index in [2.05, 4.69) is 18.0 Å². The molecular formula is C22H27ClN2O4S. The number of rotatable bonds is 4. The summed E-state index contributed by atoms with van der Waals surface area (Å²) in [5.74, 6) is 0.779. The molecule has 0 radical (unpaired) electrons. The first kappa shape index (κ1) is 22.5. The zero-order valence-electron chi connectivity index (χ0n) is 17.6. The number of halogens is 1. The van der Waals surface area contributed by atoms with Gasteiger partial charge < -0.3 is 14.4 Å². The number of ether oxygens (including phenoxy) is 2. The van der Waals surface area contributed by atoms with Crippen LogP contribution in [0.2, 0.25) is 0 Å². The van der Waals surface area contributed by atoms with Crippen LogP contribution in [-0.2, 0) is 23.0 Å². The Kier molecular flexibility index (Phi) is 6.36. The predicted molar refractivity (Wildman–Crippen MR) is 121 cm³/mol. The molecule has 2 aromatic carbocycles. The van der Waals surface area contributed by atoms with E-state index in [0.29, 0.717) is 23.4 Å². The van der Waals surface area contributed by atoms with Gasteiger partial charge in [0.1, 0.15) is 16.4 Å². The Labute approximate surface area is 183 Å². The molecule has 0 bridgehead atoms. The van der Waals surface area contributed by atoms with Gasteiger partial charge in [-0.05, 0) is 63.2 Å². The molecule has 2 heterocycles. The molecule has 0 fully saturated rings. The van der Waals surface area contributed by atoms with Crippen molar-refractivity contribution in [3.05, 3.63) is 53.2 Å². The highest BCUT2D eigenvalue weighted by molar-refractivity contribution is 7.90. The summed E-state index contributed by atoms with van der Waals surface area (Å²) < 4.78 is 40.0. The SMILES string of the molecule is COc1ccc(OC)c(S(=O)(=O)n2c3c(c4cc(C)ccc42)CN(C)CCC3)c1.Cl. The normalized spacial score (nSPS) is 14.7. The van der Waals surface area contributed by atoms with Gasteiger partial charge in [0.2, 0.25) is 0 Å². The van der Waals surface area contributed by atoms with E-state index in [0.717, 1.165) is 41.7 Å². The molecule has 0 amide bonds. The Hall–Kier alpha value is -2.22. The van der Waals surface area contributed by atoms with Crippen molar-refractivity contribution in [1.29, 1.82) is 0 Å². The second-order valence-corrected chi connectivity index (χ2v) is 9.33. The third-order valence-corrected chi connectivity index (χ3v) is 7.33. The van der Waals surface area contributed by atoms with E-state index in [-0.39, 0.29) is 17.3 Å². The first-order chi connectivity index (χ1) is 13.9. The van der Waals surface area contributed by atoms with Crippen LogP contribution in [0.5, 0.6) is 11.5 Å². The van der Waals surface area contributed by atoms with Crippen LogP contribution in [0.1, 0.15) is 23.2 Å². The number of hydrogen-bond acceptors (Lipinski definition) is 5. The van der Waals surface area contributed by atoms with Gasteiger partial charge in [0.25, 0.3) is 10.0 Å². The maximum absolute atomic E-state index is 13.9. The Morgan fingerprint density at radius 1 is 1.03 bits per heavy atom. The minimum absolute atomic E-state index is 0. The number of fused-ring (bicyclic) bond motifs is 3. The van der Waals surface area contributed by atoms with Crippen molar-refractivity contribution in [1.82, 2.24) is 8.87 Å². The summed E-state index contributed by atoms with van der Waals surface area (Å²) in [5, 5.41) is 0.999. The van der Waals surface area contributed by atoms with Crippen LogP contribution in [0.4, 0.5) is 0 Å². The Morgan fingerprint density at radius 3 is 2.50 bits per heavy atom. The van der Waals surface area contributed by atoms with Gasteiger partial charge in [-0.1, -0.05) is 11.6 Å². The fraction of sp³-hybridized carbons (Fsp3) is 0.364. The van der Waals surface area contributed by atoms with Crippen molar-refractivity contribution >= 4 is 33.3 Å². The van der Waals surface area contributed by atoms with Gasteiger partial charge in [-0.25, -0.2) is 12.4 Å². The van der Waals surface area contributed by atoms with Crippen molar-refractivity contribution < 1.29 is 17.9 Å². The summed E-state index contributed by atoms with van der Waals surface area (Å²) in [4.78, 5) is 2.36. The number of benzene rings is 2. The van der Waals surface area contributed by atoms with Gasteiger partial charge in [-0.15, -0.1) is 12.4 Å². The predicted octanol–water partition coefficient (Wildman–Crippen LogP) is 4.00. The van der Waals surface area contributed by atoms with Crippen molar-refractivity contribution in [2.75, 3.05) is 27.8 Å². The van der Waals surface area contributed by atoms with Gasteiger partial charge in [-0.2, -0.15) is 0 Å². The molecule has 0 N–H and O–H groups in total. The number of aromatic nitrogens is 1. The number of nitrogens with zero attached hydrogens (tertiary/aromatic N) is 2. The smallest absolute Gasteiger partial charge is 0.272 e. The largest absolute Gasteiger partial charge is 0.497 e. The number of methoxy groups -OCH3 is 2. The Balaban J connectivity index is 0.00000256. The van der Waals surface area contributed by atoms with E-state index in [1.54, 1.807) is 12.1 Å². The lowest BCUT2D eigenvalue weighted by Crippen LogP contribution is -2.17. The molecule has 4 rings (SSSR count). The second kappa shape index (κ2) is 8.49. The molecule has 162 valence electrons. The summed E-state index contributed by atoms with van der Waals surface area (Å²) in [6.07, 6.45) is 1.61. The monoisotopic (exact) mass is 450 g/mol. The van der Waals surface area contributed by atoms with Gasteiger partial charge in [0.05, 0.1) is 19.7 Å². The van der Waals surface area contributed by atoms with E-state index >= 15 is 0 Å². The third kappa shape index (κ3) is 3.66. The average Bonchev–Trinajstić information content (AvgIpc) is 2.87. The minimum Gasteiger partial charge on any atom is -0.497 e. The van der Waals surface area contributed by atoms with Crippen LogP contribution in [0.25, 0.3) is 10.9 Å². The van der Waals surface area contributed by atoms with Gasteiger partial charge in [0, 0.05) is 23.7 Å². The summed E-state index contributed by atoms with van der Waals surface area (Å²) in [7, 11) is 1.19. The molecular weight excluding hydrogens is 424 g/mol.